The first kappa shape index (κ1) is 21.4. The first-order valence-corrected chi connectivity index (χ1v) is 9.79. The zero-order valence-electron chi connectivity index (χ0n) is 18.1. The number of benzene rings is 2. The number of ether oxygens (including phenoxy) is 1. The van der Waals surface area contributed by atoms with Gasteiger partial charge in [0, 0.05) is 7.05 Å². The molecule has 158 valence electrons. The predicted molar refractivity (Wildman–Crippen MR) is 118 cm³/mol. The van der Waals surface area contributed by atoms with Crippen molar-refractivity contribution >= 4 is 28.7 Å². The van der Waals surface area contributed by atoms with Crippen LogP contribution in [0.15, 0.2) is 51.7 Å². The highest BCUT2D eigenvalue weighted by atomic mass is 16.6. The molecule has 1 amide bonds. The Morgan fingerprint density at radius 2 is 1.83 bits per heavy atom. The number of fused-ring (bicyclic) bond motifs is 1. The second-order valence-corrected chi connectivity index (χ2v) is 8.23. The highest BCUT2D eigenvalue weighted by Crippen LogP contribution is 2.27. The van der Waals surface area contributed by atoms with Gasteiger partial charge in [0.15, 0.2) is 0 Å². The molecule has 1 atom stereocenters. The third kappa shape index (κ3) is 4.62. The van der Waals surface area contributed by atoms with Crippen LogP contribution in [0, 0.1) is 6.92 Å². The van der Waals surface area contributed by atoms with Gasteiger partial charge in [0.25, 0.3) is 6.01 Å². The highest BCUT2D eigenvalue weighted by Gasteiger charge is 2.23. The molecular weight excluding hydrogens is 382 g/mol. The maximum Gasteiger partial charge on any atom is 0.414 e. The normalized spacial score (nSPS) is 12.5. The lowest BCUT2D eigenvalue weighted by molar-refractivity contribution is 0.0589. The summed E-state index contributed by atoms with van der Waals surface area (Å²) in [5, 5.41) is 3.46. The van der Waals surface area contributed by atoms with Gasteiger partial charge in [-0.05, 0) is 57.9 Å². The third-order valence-corrected chi connectivity index (χ3v) is 4.70. The number of amides is 1. The van der Waals surface area contributed by atoms with Crippen LogP contribution in [0.1, 0.15) is 44.9 Å². The summed E-state index contributed by atoms with van der Waals surface area (Å²) in [4.78, 5) is 31.0. The van der Waals surface area contributed by atoms with Gasteiger partial charge in [-0.1, -0.05) is 30.3 Å². The molecule has 3 aromatic rings. The number of rotatable bonds is 4. The average molecular weight is 409 g/mol. The summed E-state index contributed by atoms with van der Waals surface area (Å²) in [5.74, 6) is 0. The molecule has 30 heavy (non-hydrogen) atoms. The third-order valence-electron chi connectivity index (χ3n) is 4.70. The van der Waals surface area contributed by atoms with Crippen molar-refractivity contribution in [2.75, 3.05) is 17.3 Å². The molecule has 0 aliphatic rings. The molecule has 1 heterocycles. The van der Waals surface area contributed by atoms with Gasteiger partial charge in [0.1, 0.15) is 5.60 Å². The highest BCUT2D eigenvalue weighted by molar-refractivity contribution is 5.94. The summed E-state index contributed by atoms with van der Waals surface area (Å²) in [6.07, 6.45) is -0.503. The smallest absolute Gasteiger partial charge is 0.414 e. The van der Waals surface area contributed by atoms with Crippen molar-refractivity contribution in [1.29, 1.82) is 0 Å². The second-order valence-electron chi connectivity index (χ2n) is 8.23. The van der Waals surface area contributed by atoms with E-state index in [1.165, 1.54) is 4.90 Å². The van der Waals surface area contributed by atoms with E-state index in [4.69, 9.17) is 9.15 Å². The number of anilines is 2. The molecule has 2 aromatic carbocycles. The SMILES string of the molecule is Cc1c(N(C)C(=O)OC(C)(C)C)ccc2nc(N[C@@H](C)c3ccccc3)oc(=O)c12. The van der Waals surface area contributed by atoms with Crippen molar-refractivity contribution in [3.05, 3.63) is 64.0 Å². The molecule has 0 unspecified atom stereocenters. The Morgan fingerprint density at radius 3 is 2.47 bits per heavy atom. The van der Waals surface area contributed by atoms with Gasteiger partial charge in [-0.25, -0.2) is 9.59 Å². The van der Waals surface area contributed by atoms with Crippen molar-refractivity contribution in [3.63, 3.8) is 0 Å². The Bertz CT molecular complexity index is 1120. The van der Waals surface area contributed by atoms with Crippen molar-refractivity contribution in [2.45, 2.75) is 46.3 Å². The van der Waals surface area contributed by atoms with Crippen LogP contribution in [-0.4, -0.2) is 23.7 Å². The fraction of sp³-hybridized carbons (Fsp3) is 0.348. The summed E-state index contributed by atoms with van der Waals surface area (Å²) in [6, 6.07) is 13.3. The van der Waals surface area contributed by atoms with E-state index in [-0.39, 0.29) is 12.1 Å². The van der Waals surface area contributed by atoms with Gasteiger partial charge in [0.05, 0.1) is 22.6 Å². The number of aromatic nitrogens is 1. The minimum Gasteiger partial charge on any atom is -0.443 e. The molecule has 0 saturated carbocycles. The van der Waals surface area contributed by atoms with Crippen LogP contribution in [0.3, 0.4) is 0 Å². The number of hydrogen-bond donors (Lipinski definition) is 1. The Kier molecular flexibility index (Phi) is 5.82. The maximum atomic E-state index is 12.7. The van der Waals surface area contributed by atoms with E-state index in [2.05, 4.69) is 10.3 Å². The Balaban J connectivity index is 1.93. The molecule has 0 bridgehead atoms. The van der Waals surface area contributed by atoms with E-state index in [0.29, 0.717) is 22.2 Å². The van der Waals surface area contributed by atoms with Crippen molar-refractivity contribution in [2.24, 2.45) is 0 Å². The van der Waals surface area contributed by atoms with Gasteiger partial charge in [-0.3, -0.25) is 4.90 Å². The lowest BCUT2D eigenvalue weighted by atomic mass is 10.1. The summed E-state index contributed by atoms with van der Waals surface area (Å²) >= 11 is 0. The predicted octanol–water partition coefficient (Wildman–Crippen LogP) is 5.04. The fourth-order valence-electron chi connectivity index (χ4n) is 3.17. The minimum absolute atomic E-state index is 0.0852. The first-order chi connectivity index (χ1) is 14.1. The second kappa shape index (κ2) is 8.18. The van der Waals surface area contributed by atoms with Crippen LogP contribution < -0.4 is 15.8 Å². The van der Waals surface area contributed by atoms with Gasteiger partial charge in [-0.2, -0.15) is 4.98 Å². The summed E-state index contributed by atoms with van der Waals surface area (Å²) < 4.78 is 10.8. The van der Waals surface area contributed by atoms with Crippen LogP contribution in [-0.2, 0) is 4.74 Å². The van der Waals surface area contributed by atoms with Crippen LogP contribution >= 0.6 is 0 Å². The molecule has 3 rings (SSSR count). The van der Waals surface area contributed by atoms with Crippen molar-refractivity contribution in [3.8, 4) is 0 Å². The van der Waals surface area contributed by atoms with E-state index in [1.807, 2.05) is 37.3 Å². The van der Waals surface area contributed by atoms with E-state index in [0.717, 1.165) is 5.56 Å². The van der Waals surface area contributed by atoms with Crippen molar-refractivity contribution in [1.82, 2.24) is 4.98 Å². The molecule has 7 nitrogen and oxygen atoms in total. The number of nitrogens with one attached hydrogen (secondary N) is 1. The van der Waals surface area contributed by atoms with Gasteiger partial charge < -0.3 is 14.5 Å². The Hall–Kier alpha value is -3.35. The van der Waals surface area contributed by atoms with Gasteiger partial charge in [-0.15, -0.1) is 0 Å². The zero-order chi connectivity index (χ0) is 22.1. The molecule has 0 radical (unpaired) electrons. The zero-order valence-corrected chi connectivity index (χ0v) is 18.1. The Labute approximate surface area is 175 Å². The average Bonchev–Trinajstić information content (AvgIpc) is 2.66. The summed E-state index contributed by atoms with van der Waals surface area (Å²) in [7, 11) is 1.61. The number of nitrogens with zero attached hydrogens (tertiary/aromatic N) is 2. The fourth-order valence-corrected chi connectivity index (χ4v) is 3.17. The lowest BCUT2D eigenvalue weighted by Crippen LogP contribution is -2.34. The van der Waals surface area contributed by atoms with E-state index in [9.17, 15) is 9.59 Å². The molecular formula is C23H27N3O4. The molecule has 0 spiro atoms. The van der Waals surface area contributed by atoms with Crippen LogP contribution in [0.2, 0.25) is 0 Å². The van der Waals surface area contributed by atoms with E-state index >= 15 is 0 Å². The first-order valence-electron chi connectivity index (χ1n) is 9.79. The van der Waals surface area contributed by atoms with E-state index < -0.39 is 17.3 Å². The summed E-state index contributed by atoms with van der Waals surface area (Å²) in [6.45, 7) is 9.13. The Morgan fingerprint density at radius 1 is 1.17 bits per heavy atom. The summed E-state index contributed by atoms with van der Waals surface area (Å²) in [5.41, 5.74) is 1.57. The van der Waals surface area contributed by atoms with E-state index in [1.54, 1.807) is 46.9 Å². The quantitative estimate of drug-likeness (QED) is 0.650. The minimum atomic E-state index is -0.618. The monoisotopic (exact) mass is 409 g/mol. The topological polar surface area (TPSA) is 84.7 Å². The van der Waals surface area contributed by atoms with Crippen LogP contribution in [0.5, 0.6) is 0 Å². The molecule has 0 aliphatic heterocycles. The maximum absolute atomic E-state index is 12.7. The van der Waals surface area contributed by atoms with Gasteiger partial charge >= 0.3 is 11.7 Å². The van der Waals surface area contributed by atoms with Crippen molar-refractivity contribution < 1.29 is 13.9 Å². The lowest BCUT2D eigenvalue weighted by Gasteiger charge is -2.25. The van der Waals surface area contributed by atoms with Gasteiger partial charge in [0.2, 0.25) is 0 Å². The molecule has 1 N–H and O–H groups in total. The molecule has 1 aromatic heterocycles. The molecule has 0 saturated heterocycles. The number of hydrogen-bond acceptors (Lipinski definition) is 6. The number of carbonyl (C=O) groups is 1. The molecule has 0 aliphatic carbocycles. The largest absolute Gasteiger partial charge is 0.443 e. The molecule has 0 fully saturated rings. The standard InChI is InChI=1S/C23H27N3O4/c1-14-18(26(6)22(28)30-23(3,4)5)13-12-17-19(14)20(27)29-21(25-17)24-15(2)16-10-8-7-9-11-16/h7-13,15H,1-6H3,(H,24,25)/t15-/m0/s1. The van der Waals surface area contributed by atoms with Crippen LogP contribution in [0.4, 0.5) is 16.5 Å². The molecule has 7 heteroatoms. The number of aryl methyl sites for hydroxylation is 1. The number of carbonyl (C=O) groups excluding carboxylic acids is 1. The van der Waals surface area contributed by atoms with Crippen LogP contribution in [0.25, 0.3) is 10.9 Å².